The van der Waals surface area contributed by atoms with E-state index in [2.05, 4.69) is 4.74 Å². The van der Waals surface area contributed by atoms with Gasteiger partial charge in [-0.25, -0.2) is 0 Å². The molecule has 0 atom stereocenters. The maximum Gasteiger partial charge on any atom is 0.503 e. The topological polar surface area (TPSA) is 9.23 Å². The van der Waals surface area contributed by atoms with E-state index in [4.69, 9.17) is 0 Å². The maximum absolute atomic E-state index is 11.5. The Balaban J connectivity index is 3.02. The molecule has 0 aliphatic carbocycles. The molecule has 0 fully saturated rings. The SMILES string of the molecule is CCCCCOC[B-](F)(F)F. The highest BCUT2D eigenvalue weighted by Gasteiger charge is 2.22. The third-order valence-electron chi connectivity index (χ3n) is 1.20. The quantitative estimate of drug-likeness (QED) is 0.438. The molecule has 0 aromatic heterocycles. The van der Waals surface area contributed by atoms with Gasteiger partial charge in [0, 0.05) is 13.1 Å². The van der Waals surface area contributed by atoms with Crippen molar-refractivity contribution in [3.05, 3.63) is 0 Å². The summed E-state index contributed by atoms with van der Waals surface area (Å²) in [5, 5.41) is 0. The first-order valence-electron chi connectivity index (χ1n) is 3.85. The highest BCUT2D eigenvalue weighted by Crippen LogP contribution is 2.08. The minimum atomic E-state index is -4.74. The lowest BCUT2D eigenvalue weighted by molar-refractivity contribution is 0.146. The van der Waals surface area contributed by atoms with Crippen LogP contribution in [-0.4, -0.2) is 20.1 Å². The minimum absolute atomic E-state index is 0.231. The molecular weight excluding hydrogens is 156 g/mol. The zero-order chi connectivity index (χ0) is 8.74. The van der Waals surface area contributed by atoms with Gasteiger partial charge in [-0.1, -0.05) is 19.8 Å². The average Bonchev–Trinajstić information content (AvgIpc) is 1.85. The first-order chi connectivity index (χ1) is 5.06. The summed E-state index contributed by atoms with van der Waals surface area (Å²) in [6.07, 6.45) is 2.66. The molecule has 0 aliphatic heterocycles. The van der Waals surface area contributed by atoms with Crippen molar-refractivity contribution in [1.29, 1.82) is 0 Å². The van der Waals surface area contributed by atoms with E-state index in [1.807, 2.05) is 6.92 Å². The van der Waals surface area contributed by atoms with Crippen LogP contribution in [0.4, 0.5) is 12.9 Å². The van der Waals surface area contributed by atoms with E-state index < -0.39 is 13.5 Å². The number of halogens is 3. The molecule has 0 N–H and O–H groups in total. The van der Waals surface area contributed by atoms with Crippen molar-refractivity contribution in [1.82, 2.24) is 0 Å². The van der Waals surface area contributed by atoms with E-state index in [1.54, 1.807) is 0 Å². The monoisotopic (exact) mass is 169 g/mol. The molecular formula is C6H13BF3O-. The fourth-order valence-electron chi connectivity index (χ4n) is 0.671. The molecule has 0 amide bonds. The summed E-state index contributed by atoms with van der Waals surface area (Å²) in [6.45, 7) is -3.57. The van der Waals surface area contributed by atoms with Gasteiger partial charge in [-0.15, -0.1) is 0 Å². The Hall–Kier alpha value is -0.185. The zero-order valence-electron chi connectivity index (χ0n) is 6.66. The Bertz CT molecular complexity index is 94.3. The van der Waals surface area contributed by atoms with Crippen LogP contribution < -0.4 is 0 Å². The predicted octanol–water partition coefficient (Wildman–Crippen LogP) is 2.58. The lowest BCUT2D eigenvalue weighted by atomic mass is 9.95. The van der Waals surface area contributed by atoms with Gasteiger partial charge in [-0.05, 0) is 6.42 Å². The van der Waals surface area contributed by atoms with Crippen molar-refractivity contribution in [2.75, 3.05) is 13.1 Å². The van der Waals surface area contributed by atoms with Gasteiger partial charge in [0.25, 0.3) is 0 Å². The second kappa shape index (κ2) is 5.46. The van der Waals surface area contributed by atoms with Gasteiger partial charge < -0.3 is 17.7 Å². The number of hydrogen-bond acceptors (Lipinski definition) is 1. The summed E-state index contributed by atoms with van der Waals surface area (Å²) >= 11 is 0. The molecule has 0 saturated heterocycles. The normalized spacial score (nSPS) is 12.0. The molecule has 0 aromatic rings. The summed E-state index contributed by atoms with van der Waals surface area (Å²) in [5.74, 6) is 0. The lowest BCUT2D eigenvalue weighted by Gasteiger charge is -2.13. The van der Waals surface area contributed by atoms with Gasteiger partial charge in [-0.3, -0.25) is 0 Å². The standard InChI is InChI=1S/C6H13BF3O/c1-2-3-4-5-11-6-7(8,9)10/h2-6H2,1H3/q-1. The van der Waals surface area contributed by atoms with E-state index in [1.165, 1.54) is 0 Å². The fraction of sp³-hybridized carbons (Fsp3) is 1.00. The van der Waals surface area contributed by atoms with Crippen molar-refractivity contribution >= 4 is 6.98 Å². The Labute approximate surface area is 65.0 Å². The van der Waals surface area contributed by atoms with Crippen LogP contribution in [0.3, 0.4) is 0 Å². The molecule has 0 saturated carbocycles. The van der Waals surface area contributed by atoms with Crippen LogP contribution in [0.2, 0.25) is 0 Å². The highest BCUT2D eigenvalue weighted by atomic mass is 19.4. The van der Waals surface area contributed by atoms with Crippen LogP contribution in [0.1, 0.15) is 26.2 Å². The van der Waals surface area contributed by atoms with E-state index in [0.29, 0.717) is 0 Å². The fourth-order valence-corrected chi connectivity index (χ4v) is 0.671. The lowest BCUT2D eigenvalue weighted by Crippen LogP contribution is -2.24. The number of hydrogen-bond donors (Lipinski definition) is 0. The van der Waals surface area contributed by atoms with Crippen molar-refractivity contribution in [2.45, 2.75) is 26.2 Å². The van der Waals surface area contributed by atoms with E-state index >= 15 is 0 Å². The van der Waals surface area contributed by atoms with Crippen LogP contribution >= 0.6 is 0 Å². The van der Waals surface area contributed by atoms with Crippen molar-refractivity contribution < 1.29 is 17.7 Å². The smallest absolute Gasteiger partial charge is 0.447 e. The number of ether oxygens (including phenoxy) is 1. The Morgan fingerprint density at radius 2 is 1.82 bits per heavy atom. The van der Waals surface area contributed by atoms with Crippen LogP contribution in [0.5, 0.6) is 0 Å². The first kappa shape index (κ1) is 10.8. The molecule has 1 nitrogen and oxygen atoms in total. The summed E-state index contributed by atoms with van der Waals surface area (Å²) in [7, 11) is 0. The zero-order valence-corrected chi connectivity index (χ0v) is 6.66. The van der Waals surface area contributed by atoms with Crippen molar-refractivity contribution in [3.63, 3.8) is 0 Å². The van der Waals surface area contributed by atoms with Gasteiger partial charge in [0.15, 0.2) is 0 Å². The summed E-state index contributed by atoms with van der Waals surface area (Å²) in [5.41, 5.74) is 0. The molecule has 68 valence electrons. The van der Waals surface area contributed by atoms with Crippen LogP contribution in [0, 0.1) is 0 Å². The van der Waals surface area contributed by atoms with E-state index in [-0.39, 0.29) is 6.61 Å². The maximum atomic E-state index is 11.5. The second-order valence-corrected chi connectivity index (χ2v) is 2.49. The largest absolute Gasteiger partial charge is 0.503 e. The Kier molecular flexibility index (Phi) is 5.37. The average molecular weight is 169 g/mol. The molecule has 0 rings (SSSR count). The predicted molar refractivity (Wildman–Crippen MR) is 39.4 cm³/mol. The highest BCUT2D eigenvalue weighted by molar-refractivity contribution is 6.58. The molecule has 11 heavy (non-hydrogen) atoms. The molecule has 0 radical (unpaired) electrons. The van der Waals surface area contributed by atoms with Gasteiger partial charge in [0.2, 0.25) is 0 Å². The molecule has 0 aromatic carbocycles. The van der Waals surface area contributed by atoms with Crippen LogP contribution in [0.25, 0.3) is 0 Å². The van der Waals surface area contributed by atoms with Gasteiger partial charge in [-0.2, -0.15) is 0 Å². The van der Waals surface area contributed by atoms with Gasteiger partial charge >= 0.3 is 6.98 Å². The van der Waals surface area contributed by atoms with E-state index in [0.717, 1.165) is 19.3 Å². The molecule has 0 aliphatic rings. The Morgan fingerprint density at radius 1 is 1.18 bits per heavy atom. The summed E-state index contributed by atoms with van der Waals surface area (Å²) in [6, 6.07) is 0. The summed E-state index contributed by atoms with van der Waals surface area (Å²) < 4.78 is 38.9. The Morgan fingerprint density at radius 3 is 2.27 bits per heavy atom. The third kappa shape index (κ3) is 9.81. The van der Waals surface area contributed by atoms with Gasteiger partial charge in [0.1, 0.15) is 0 Å². The van der Waals surface area contributed by atoms with Crippen molar-refractivity contribution in [3.8, 4) is 0 Å². The number of unbranched alkanes of at least 4 members (excludes halogenated alkanes) is 2. The minimum Gasteiger partial charge on any atom is -0.447 e. The van der Waals surface area contributed by atoms with Gasteiger partial charge in [0.05, 0.1) is 0 Å². The number of rotatable bonds is 6. The molecule has 0 unspecified atom stereocenters. The molecule has 0 heterocycles. The molecule has 0 spiro atoms. The van der Waals surface area contributed by atoms with Crippen molar-refractivity contribution in [2.24, 2.45) is 0 Å². The van der Waals surface area contributed by atoms with E-state index in [9.17, 15) is 12.9 Å². The second-order valence-electron chi connectivity index (χ2n) is 2.49. The third-order valence-corrected chi connectivity index (χ3v) is 1.20. The molecule has 0 bridgehead atoms. The summed E-state index contributed by atoms with van der Waals surface area (Å²) in [4.78, 5) is 0. The van der Waals surface area contributed by atoms with Crippen LogP contribution in [-0.2, 0) is 4.74 Å². The molecule has 5 heteroatoms. The first-order valence-corrected chi connectivity index (χ1v) is 3.85. The van der Waals surface area contributed by atoms with Crippen LogP contribution in [0.15, 0.2) is 0 Å².